The van der Waals surface area contributed by atoms with Crippen molar-refractivity contribution in [2.24, 2.45) is 5.73 Å². The van der Waals surface area contributed by atoms with Crippen molar-refractivity contribution < 1.29 is 0 Å². The van der Waals surface area contributed by atoms with E-state index in [0.29, 0.717) is 12.4 Å². The van der Waals surface area contributed by atoms with E-state index in [0.717, 1.165) is 23.2 Å². The van der Waals surface area contributed by atoms with Gasteiger partial charge >= 0.3 is 0 Å². The fraction of sp³-hybridized carbons (Fsp3) is 0.250. The molecule has 0 unspecified atom stereocenters. The summed E-state index contributed by atoms with van der Waals surface area (Å²) in [6.45, 7) is 2.55. The Kier molecular flexibility index (Phi) is 3.22. The van der Waals surface area contributed by atoms with Crippen LogP contribution in [0.2, 0.25) is 0 Å². The molecule has 0 bridgehead atoms. The molecule has 0 aliphatic rings. The number of aromatic nitrogens is 3. The highest BCUT2D eigenvalue weighted by Crippen LogP contribution is 2.16. The van der Waals surface area contributed by atoms with Gasteiger partial charge < -0.3 is 5.73 Å². The van der Waals surface area contributed by atoms with Crippen molar-refractivity contribution in [1.29, 1.82) is 0 Å². The van der Waals surface area contributed by atoms with Crippen molar-refractivity contribution in [2.75, 3.05) is 0 Å². The van der Waals surface area contributed by atoms with Gasteiger partial charge in [0.05, 0.1) is 0 Å². The SMILES string of the molecule is CCc1cccnc1-c1ncc(CN)cn1. The van der Waals surface area contributed by atoms with E-state index in [9.17, 15) is 0 Å². The smallest absolute Gasteiger partial charge is 0.178 e. The van der Waals surface area contributed by atoms with E-state index in [2.05, 4.69) is 21.9 Å². The first kappa shape index (κ1) is 10.7. The van der Waals surface area contributed by atoms with E-state index in [-0.39, 0.29) is 0 Å². The molecule has 0 saturated heterocycles. The lowest BCUT2D eigenvalue weighted by atomic mass is 10.1. The minimum Gasteiger partial charge on any atom is -0.326 e. The van der Waals surface area contributed by atoms with Gasteiger partial charge in [-0.25, -0.2) is 9.97 Å². The molecule has 82 valence electrons. The van der Waals surface area contributed by atoms with Gasteiger partial charge in [-0.15, -0.1) is 0 Å². The van der Waals surface area contributed by atoms with Gasteiger partial charge in [-0.05, 0) is 18.1 Å². The second-order valence-electron chi connectivity index (χ2n) is 3.48. The van der Waals surface area contributed by atoms with Gasteiger partial charge in [-0.2, -0.15) is 0 Å². The zero-order valence-electron chi connectivity index (χ0n) is 9.22. The zero-order chi connectivity index (χ0) is 11.4. The Bertz CT molecular complexity index is 465. The zero-order valence-corrected chi connectivity index (χ0v) is 9.22. The predicted octanol–water partition coefficient (Wildman–Crippen LogP) is 1.56. The molecule has 2 N–H and O–H groups in total. The maximum Gasteiger partial charge on any atom is 0.178 e. The molecule has 16 heavy (non-hydrogen) atoms. The number of nitrogens with two attached hydrogens (primary N) is 1. The molecule has 0 aliphatic carbocycles. The van der Waals surface area contributed by atoms with Crippen LogP contribution in [0.15, 0.2) is 30.7 Å². The maximum absolute atomic E-state index is 5.50. The van der Waals surface area contributed by atoms with E-state index >= 15 is 0 Å². The highest BCUT2D eigenvalue weighted by molar-refractivity contribution is 5.54. The minimum absolute atomic E-state index is 0.461. The van der Waals surface area contributed by atoms with Gasteiger partial charge in [-0.1, -0.05) is 13.0 Å². The van der Waals surface area contributed by atoms with Crippen LogP contribution in [0.4, 0.5) is 0 Å². The van der Waals surface area contributed by atoms with Gasteiger partial charge in [0.1, 0.15) is 5.69 Å². The number of nitrogens with zero attached hydrogens (tertiary/aromatic N) is 3. The third-order valence-corrected chi connectivity index (χ3v) is 2.42. The van der Waals surface area contributed by atoms with Gasteiger partial charge in [0.2, 0.25) is 0 Å². The first-order valence-electron chi connectivity index (χ1n) is 5.30. The molecule has 0 spiro atoms. The molecule has 0 aliphatic heterocycles. The van der Waals surface area contributed by atoms with Gasteiger partial charge in [0.15, 0.2) is 5.82 Å². The average Bonchev–Trinajstić information content (AvgIpc) is 2.39. The van der Waals surface area contributed by atoms with Crippen LogP contribution in [-0.2, 0) is 13.0 Å². The average molecular weight is 214 g/mol. The summed E-state index contributed by atoms with van der Waals surface area (Å²) < 4.78 is 0. The van der Waals surface area contributed by atoms with Crippen molar-refractivity contribution in [3.05, 3.63) is 41.9 Å². The Labute approximate surface area is 94.6 Å². The number of hydrogen-bond donors (Lipinski definition) is 1. The summed E-state index contributed by atoms with van der Waals surface area (Å²) in [4.78, 5) is 12.9. The number of rotatable bonds is 3. The summed E-state index contributed by atoms with van der Waals surface area (Å²) in [5.74, 6) is 0.662. The van der Waals surface area contributed by atoms with Crippen LogP contribution in [0.5, 0.6) is 0 Å². The van der Waals surface area contributed by atoms with Crippen LogP contribution < -0.4 is 5.73 Å². The van der Waals surface area contributed by atoms with Crippen molar-refractivity contribution in [1.82, 2.24) is 15.0 Å². The molecule has 0 fully saturated rings. The Morgan fingerprint density at radius 3 is 2.56 bits per heavy atom. The largest absolute Gasteiger partial charge is 0.326 e. The molecule has 2 rings (SSSR count). The normalized spacial score (nSPS) is 10.4. The lowest BCUT2D eigenvalue weighted by Crippen LogP contribution is -2.01. The summed E-state index contributed by atoms with van der Waals surface area (Å²) in [6, 6.07) is 3.97. The highest BCUT2D eigenvalue weighted by atomic mass is 14.9. The van der Waals surface area contributed by atoms with E-state index in [1.165, 1.54) is 0 Å². The van der Waals surface area contributed by atoms with Crippen LogP contribution in [0.1, 0.15) is 18.1 Å². The molecule has 2 aromatic heterocycles. The summed E-state index contributed by atoms with van der Waals surface area (Å²) in [6.07, 6.45) is 6.17. The maximum atomic E-state index is 5.50. The molecule has 4 heteroatoms. The lowest BCUT2D eigenvalue weighted by Gasteiger charge is -2.04. The summed E-state index contributed by atoms with van der Waals surface area (Å²) in [5.41, 5.74) is 8.44. The molecule has 0 saturated carbocycles. The quantitative estimate of drug-likeness (QED) is 0.842. The van der Waals surface area contributed by atoms with Crippen LogP contribution >= 0.6 is 0 Å². The summed E-state index contributed by atoms with van der Waals surface area (Å²) in [7, 11) is 0. The topological polar surface area (TPSA) is 64.7 Å². The lowest BCUT2D eigenvalue weighted by molar-refractivity contribution is 0.998. The summed E-state index contributed by atoms with van der Waals surface area (Å²) in [5, 5.41) is 0. The Hall–Kier alpha value is -1.81. The first-order chi connectivity index (χ1) is 7.85. The third kappa shape index (κ3) is 2.06. The summed E-state index contributed by atoms with van der Waals surface area (Å²) >= 11 is 0. The molecule has 2 heterocycles. The van der Waals surface area contributed by atoms with Crippen molar-refractivity contribution in [2.45, 2.75) is 19.9 Å². The van der Waals surface area contributed by atoms with Crippen LogP contribution in [-0.4, -0.2) is 15.0 Å². The monoisotopic (exact) mass is 214 g/mol. The van der Waals surface area contributed by atoms with Crippen LogP contribution in [0.3, 0.4) is 0 Å². The molecule has 2 aromatic rings. The van der Waals surface area contributed by atoms with Crippen molar-refractivity contribution >= 4 is 0 Å². The van der Waals surface area contributed by atoms with E-state index in [1.807, 2.05) is 12.1 Å². The Morgan fingerprint density at radius 1 is 1.19 bits per heavy atom. The van der Waals surface area contributed by atoms with Crippen molar-refractivity contribution in [3.8, 4) is 11.5 Å². The molecular formula is C12H14N4. The molecule has 0 aromatic carbocycles. The first-order valence-corrected chi connectivity index (χ1v) is 5.30. The van der Waals surface area contributed by atoms with E-state index in [4.69, 9.17) is 5.73 Å². The Morgan fingerprint density at radius 2 is 1.94 bits per heavy atom. The number of aryl methyl sites for hydroxylation is 1. The molecule has 0 atom stereocenters. The Balaban J connectivity index is 2.42. The van der Waals surface area contributed by atoms with Gasteiger partial charge in [0, 0.05) is 30.7 Å². The molecule has 0 radical (unpaired) electrons. The third-order valence-electron chi connectivity index (χ3n) is 2.42. The van der Waals surface area contributed by atoms with Gasteiger partial charge in [-0.3, -0.25) is 4.98 Å². The predicted molar refractivity (Wildman–Crippen MR) is 62.5 cm³/mol. The van der Waals surface area contributed by atoms with E-state index < -0.39 is 0 Å². The van der Waals surface area contributed by atoms with Crippen LogP contribution in [0.25, 0.3) is 11.5 Å². The minimum atomic E-state index is 0.461. The molecular weight excluding hydrogens is 200 g/mol. The highest BCUT2D eigenvalue weighted by Gasteiger charge is 2.06. The fourth-order valence-corrected chi connectivity index (χ4v) is 1.51. The second-order valence-corrected chi connectivity index (χ2v) is 3.48. The number of pyridine rings is 1. The fourth-order valence-electron chi connectivity index (χ4n) is 1.51. The van der Waals surface area contributed by atoms with Gasteiger partial charge in [0.25, 0.3) is 0 Å². The molecule has 0 amide bonds. The standard InChI is InChI=1S/C12H14N4/c1-2-10-4-3-5-14-11(10)12-15-7-9(6-13)8-16-12/h3-5,7-8H,2,6,13H2,1H3. The van der Waals surface area contributed by atoms with Crippen molar-refractivity contribution in [3.63, 3.8) is 0 Å². The second kappa shape index (κ2) is 4.81. The number of hydrogen-bond acceptors (Lipinski definition) is 4. The van der Waals surface area contributed by atoms with E-state index in [1.54, 1.807) is 18.6 Å². The molecule has 4 nitrogen and oxygen atoms in total. The van der Waals surface area contributed by atoms with Crippen LogP contribution in [0, 0.1) is 0 Å².